The number of carbonyl (C=O) groups is 2. The summed E-state index contributed by atoms with van der Waals surface area (Å²) in [5.41, 5.74) is 6.25. The SMILES string of the molecule is CCOc1ccccc1CN1CCNC(=O)[C@H]1CC(N)=O. The van der Waals surface area contributed by atoms with Crippen molar-refractivity contribution in [2.24, 2.45) is 5.73 Å². The van der Waals surface area contributed by atoms with Crippen molar-refractivity contribution in [1.29, 1.82) is 0 Å². The Hall–Kier alpha value is -2.08. The van der Waals surface area contributed by atoms with Crippen LogP contribution in [0.5, 0.6) is 5.75 Å². The second kappa shape index (κ2) is 7.08. The van der Waals surface area contributed by atoms with Crippen molar-refractivity contribution in [3.8, 4) is 5.75 Å². The topological polar surface area (TPSA) is 84.7 Å². The standard InChI is InChI=1S/C15H21N3O3/c1-2-21-13-6-4-3-5-11(13)10-18-8-7-17-15(20)12(18)9-14(16)19/h3-6,12H,2,7-10H2,1H3,(H2,16,19)(H,17,20)/t12-/m1/s1. The van der Waals surface area contributed by atoms with Crippen LogP contribution in [0.15, 0.2) is 24.3 Å². The van der Waals surface area contributed by atoms with E-state index in [1.165, 1.54) is 0 Å². The van der Waals surface area contributed by atoms with Crippen LogP contribution in [-0.2, 0) is 16.1 Å². The largest absolute Gasteiger partial charge is 0.494 e. The van der Waals surface area contributed by atoms with Crippen molar-refractivity contribution in [1.82, 2.24) is 10.2 Å². The number of para-hydroxylation sites is 1. The van der Waals surface area contributed by atoms with E-state index in [4.69, 9.17) is 10.5 Å². The molecule has 3 N–H and O–H groups in total. The molecule has 0 aliphatic carbocycles. The fourth-order valence-electron chi connectivity index (χ4n) is 2.51. The molecule has 0 radical (unpaired) electrons. The molecule has 6 heteroatoms. The summed E-state index contributed by atoms with van der Waals surface area (Å²) in [6.07, 6.45) is 0.0304. The molecule has 0 bridgehead atoms. The first-order valence-electron chi connectivity index (χ1n) is 7.12. The van der Waals surface area contributed by atoms with E-state index >= 15 is 0 Å². The fraction of sp³-hybridized carbons (Fsp3) is 0.467. The predicted octanol–water partition coefficient (Wildman–Crippen LogP) is 0.261. The Morgan fingerprint density at radius 3 is 2.95 bits per heavy atom. The monoisotopic (exact) mass is 291 g/mol. The van der Waals surface area contributed by atoms with E-state index in [9.17, 15) is 9.59 Å². The van der Waals surface area contributed by atoms with Crippen LogP contribution < -0.4 is 15.8 Å². The van der Waals surface area contributed by atoms with Gasteiger partial charge in [-0.25, -0.2) is 0 Å². The molecule has 0 spiro atoms. The Morgan fingerprint density at radius 2 is 2.24 bits per heavy atom. The maximum absolute atomic E-state index is 11.9. The van der Waals surface area contributed by atoms with Gasteiger partial charge in [-0.3, -0.25) is 14.5 Å². The van der Waals surface area contributed by atoms with E-state index in [1.54, 1.807) is 0 Å². The van der Waals surface area contributed by atoms with Gasteiger partial charge in [-0.1, -0.05) is 18.2 Å². The average molecular weight is 291 g/mol. The molecule has 114 valence electrons. The number of hydrogen-bond donors (Lipinski definition) is 2. The highest BCUT2D eigenvalue weighted by atomic mass is 16.5. The summed E-state index contributed by atoms with van der Waals surface area (Å²) in [6, 6.07) is 7.22. The summed E-state index contributed by atoms with van der Waals surface area (Å²) in [5, 5.41) is 2.77. The second-order valence-corrected chi connectivity index (χ2v) is 4.99. The summed E-state index contributed by atoms with van der Waals surface area (Å²) in [7, 11) is 0. The number of nitrogens with one attached hydrogen (secondary N) is 1. The van der Waals surface area contributed by atoms with Gasteiger partial charge in [-0.05, 0) is 13.0 Å². The molecule has 2 rings (SSSR count). The van der Waals surface area contributed by atoms with Crippen molar-refractivity contribution in [3.63, 3.8) is 0 Å². The Kier molecular flexibility index (Phi) is 5.16. The summed E-state index contributed by atoms with van der Waals surface area (Å²) in [5.74, 6) is 0.192. The molecule has 1 aromatic carbocycles. The molecule has 0 saturated carbocycles. The molecule has 0 unspecified atom stereocenters. The molecule has 1 heterocycles. The number of hydrogen-bond acceptors (Lipinski definition) is 4. The van der Waals surface area contributed by atoms with Crippen LogP contribution in [0, 0.1) is 0 Å². The summed E-state index contributed by atoms with van der Waals surface area (Å²) < 4.78 is 5.60. The lowest BCUT2D eigenvalue weighted by atomic mass is 10.1. The highest BCUT2D eigenvalue weighted by Gasteiger charge is 2.31. The minimum absolute atomic E-state index is 0.0304. The summed E-state index contributed by atoms with van der Waals surface area (Å²) in [6.45, 7) is 4.33. The third-order valence-corrected chi connectivity index (χ3v) is 3.48. The summed E-state index contributed by atoms with van der Waals surface area (Å²) in [4.78, 5) is 25.1. The molecule has 1 saturated heterocycles. The number of primary amides is 1. The van der Waals surface area contributed by atoms with Crippen LogP contribution in [-0.4, -0.2) is 42.5 Å². The van der Waals surface area contributed by atoms with Crippen LogP contribution in [0.3, 0.4) is 0 Å². The summed E-state index contributed by atoms with van der Waals surface area (Å²) >= 11 is 0. The van der Waals surface area contributed by atoms with Gasteiger partial charge in [0.25, 0.3) is 0 Å². The van der Waals surface area contributed by atoms with Crippen LogP contribution >= 0.6 is 0 Å². The van der Waals surface area contributed by atoms with E-state index in [1.807, 2.05) is 36.1 Å². The zero-order valence-electron chi connectivity index (χ0n) is 12.2. The first kappa shape index (κ1) is 15.3. The molecule has 1 aromatic rings. The van der Waals surface area contributed by atoms with Gasteiger partial charge in [0.1, 0.15) is 5.75 Å². The Bertz CT molecular complexity index is 519. The van der Waals surface area contributed by atoms with E-state index in [-0.39, 0.29) is 12.3 Å². The maximum Gasteiger partial charge on any atom is 0.237 e. The maximum atomic E-state index is 11.9. The number of nitrogens with zero attached hydrogens (tertiary/aromatic N) is 1. The number of carbonyl (C=O) groups excluding carboxylic acids is 2. The van der Waals surface area contributed by atoms with Gasteiger partial charge in [0.05, 0.1) is 19.1 Å². The first-order valence-corrected chi connectivity index (χ1v) is 7.12. The molecule has 0 aromatic heterocycles. The fourth-order valence-corrected chi connectivity index (χ4v) is 2.51. The van der Waals surface area contributed by atoms with Crippen molar-refractivity contribution in [3.05, 3.63) is 29.8 Å². The zero-order chi connectivity index (χ0) is 15.2. The van der Waals surface area contributed by atoms with Gasteiger partial charge in [-0.15, -0.1) is 0 Å². The average Bonchev–Trinajstić information content (AvgIpc) is 2.45. The zero-order valence-corrected chi connectivity index (χ0v) is 12.2. The number of ether oxygens (including phenoxy) is 1. The van der Waals surface area contributed by atoms with Gasteiger partial charge in [-0.2, -0.15) is 0 Å². The van der Waals surface area contributed by atoms with Crippen LogP contribution in [0.4, 0.5) is 0 Å². The Balaban J connectivity index is 2.15. The molecule has 1 aliphatic heterocycles. The van der Waals surface area contributed by atoms with E-state index < -0.39 is 11.9 Å². The highest BCUT2D eigenvalue weighted by Crippen LogP contribution is 2.22. The third-order valence-electron chi connectivity index (χ3n) is 3.48. The van der Waals surface area contributed by atoms with E-state index in [0.717, 1.165) is 11.3 Å². The number of benzene rings is 1. The lowest BCUT2D eigenvalue weighted by Crippen LogP contribution is -2.55. The van der Waals surface area contributed by atoms with Crippen molar-refractivity contribution < 1.29 is 14.3 Å². The number of nitrogens with two attached hydrogens (primary N) is 1. The molecule has 2 amide bonds. The lowest BCUT2D eigenvalue weighted by molar-refractivity contribution is -0.133. The van der Waals surface area contributed by atoms with E-state index in [2.05, 4.69) is 5.32 Å². The smallest absolute Gasteiger partial charge is 0.237 e. The van der Waals surface area contributed by atoms with Gasteiger partial charge < -0.3 is 15.8 Å². The molecular formula is C15H21N3O3. The van der Waals surface area contributed by atoms with Gasteiger partial charge in [0.15, 0.2) is 0 Å². The number of rotatable bonds is 6. The first-order chi connectivity index (χ1) is 10.1. The highest BCUT2D eigenvalue weighted by molar-refractivity contribution is 5.88. The van der Waals surface area contributed by atoms with Crippen LogP contribution in [0.2, 0.25) is 0 Å². The molecule has 1 atom stereocenters. The van der Waals surface area contributed by atoms with Gasteiger partial charge >= 0.3 is 0 Å². The van der Waals surface area contributed by atoms with Crippen molar-refractivity contribution in [2.75, 3.05) is 19.7 Å². The molecule has 6 nitrogen and oxygen atoms in total. The molecule has 1 fully saturated rings. The quantitative estimate of drug-likeness (QED) is 0.787. The van der Waals surface area contributed by atoms with Crippen LogP contribution in [0.25, 0.3) is 0 Å². The minimum atomic E-state index is -0.508. The Morgan fingerprint density at radius 1 is 1.48 bits per heavy atom. The number of piperazine rings is 1. The molecular weight excluding hydrogens is 270 g/mol. The molecule has 1 aliphatic rings. The normalized spacial score (nSPS) is 19.1. The third kappa shape index (κ3) is 3.95. The van der Waals surface area contributed by atoms with E-state index in [0.29, 0.717) is 26.2 Å². The second-order valence-electron chi connectivity index (χ2n) is 4.99. The van der Waals surface area contributed by atoms with Crippen molar-refractivity contribution >= 4 is 11.8 Å². The van der Waals surface area contributed by atoms with Crippen molar-refractivity contribution in [2.45, 2.75) is 25.9 Å². The predicted molar refractivity (Wildman–Crippen MR) is 78.6 cm³/mol. The Labute approximate surface area is 124 Å². The lowest BCUT2D eigenvalue weighted by Gasteiger charge is -2.34. The number of amides is 2. The van der Waals surface area contributed by atoms with Gasteiger partial charge in [0.2, 0.25) is 11.8 Å². The minimum Gasteiger partial charge on any atom is -0.494 e. The van der Waals surface area contributed by atoms with Gasteiger partial charge in [0, 0.05) is 25.2 Å². The molecule has 21 heavy (non-hydrogen) atoms. The van der Waals surface area contributed by atoms with Crippen LogP contribution in [0.1, 0.15) is 18.9 Å².